The second-order valence-corrected chi connectivity index (χ2v) is 5.22. The summed E-state index contributed by atoms with van der Waals surface area (Å²) >= 11 is 0. The van der Waals surface area contributed by atoms with Crippen LogP contribution in [-0.2, 0) is 20.2 Å². The van der Waals surface area contributed by atoms with Crippen molar-refractivity contribution in [3.8, 4) is 5.75 Å². The Morgan fingerprint density at radius 1 is 1.19 bits per heavy atom. The molecular formula is C17H24N2O2. The van der Waals surface area contributed by atoms with Gasteiger partial charge in [-0.05, 0) is 50.6 Å². The highest BCUT2D eigenvalue weighted by molar-refractivity contribution is 5.51. The molecule has 1 aromatic heterocycles. The Kier molecular flexibility index (Phi) is 4.91. The van der Waals surface area contributed by atoms with Crippen molar-refractivity contribution in [3.05, 3.63) is 46.8 Å². The monoisotopic (exact) mass is 288 g/mol. The summed E-state index contributed by atoms with van der Waals surface area (Å²) in [5.74, 6) is 0.747. The molecule has 21 heavy (non-hydrogen) atoms. The number of aliphatic hydroxyl groups is 1. The molecule has 0 saturated carbocycles. The maximum atomic E-state index is 9.43. The standard InChI is InChI=1S/C17H24N2O2/c1-5-21-17-7-6-16(9-15(17)11-20)18-10-14-8-12(2)19(4)13(14)3/h6-9,18,20H,5,10-11H2,1-4H3. The van der Waals surface area contributed by atoms with Crippen LogP contribution in [0.4, 0.5) is 5.69 Å². The Balaban J connectivity index is 2.11. The van der Waals surface area contributed by atoms with Crippen LogP contribution in [0.3, 0.4) is 0 Å². The third-order valence-corrected chi connectivity index (χ3v) is 3.89. The first-order valence-electron chi connectivity index (χ1n) is 7.29. The minimum absolute atomic E-state index is 0.0195. The zero-order chi connectivity index (χ0) is 15.4. The SMILES string of the molecule is CCOc1ccc(NCc2cc(C)n(C)c2C)cc1CO. The van der Waals surface area contributed by atoms with E-state index in [0.717, 1.165) is 23.5 Å². The van der Waals surface area contributed by atoms with Crippen molar-refractivity contribution in [2.75, 3.05) is 11.9 Å². The molecule has 114 valence electrons. The van der Waals surface area contributed by atoms with Gasteiger partial charge in [0.2, 0.25) is 0 Å². The van der Waals surface area contributed by atoms with Crippen molar-refractivity contribution in [1.82, 2.24) is 4.57 Å². The van der Waals surface area contributed by atoms with Crippen LogP contribution < -0.4 is 10.1 Å². The second kappa shape index (κ2) is 6.68. The molecule has 2 rings (SSSR count). The second-order valence-electron chi connectivity index (χ2n) is 5.22. The molecule has 0 spiro atoms. The summed E-state index contributed by atoms with van der Waals surface area (Å²) in [6.45, 7) is 7.52. The van der Waals surface area contributed by atoms with Crippen molar-refractivity contribution >= 4 is 5.69 Å². The molecule has 0 aliphatic rings. The Bertz CT molecular complexity index is 617. The summed E-state index contributed by atoms with van der Waals surface area (Å²) in [6.07, 6.45) is 0. The largest absolute Gasteiger partial charge is 0.494 e. The lowest BCUT2D eigenvalue weighted by atomic mass is 10.1. The van der Waals surface area contributed by atoms with E-state index in [4.69, 9.17) is 4.74 Å². The van der Waals surface area contributed by atoms with Gasteiger partial charge in [-0.1, -0.05) is 0 Å². The van der Waals surface area contributed by atoms with E-state index in [1.807, 2.05) is 25.1 Å². The number of hydrogen-bond donors (Lipinski definition) is 2. The van der Waals surface area contributed by atoms with Gasteiger partial charge in [0.1, 0.15) is 5.75 Å². The average molecular weight is 288 g/mol. The number of anilines is 1. The van der Waals surface area contributed by atoms with Gasteiger partial charge >= 0.3 is 0 Å². The number of aliphatic hydroxyl groups excluding tert-OH is 1. The van der Waals surface area contributed by atoms with Gasteiger partial charge in [-0.3, -0.25) is 0 Å². The molecule has 4 heteroatoms. The van der Waals surface area contributed by atoms with E-state index in [2.05, 4.69) is 36.8 Å². The van der Waals surface area contributed by atoms with Gasteiger partial charge in [-0.15, -0.1) is 0 Å². The summed E-state index contributed by atoms with van der Waals surface area (Å²) in [6, 6.07) is 8.02. The predicted molar refractivity (Wildman–Crippen MR) is 85.7 cm³/mol. The van der Waals surface area contributed by atoms with Gasteiger partial charge < -0.3 is 19.7 Å². The average Bonchev–Trinajstić information content (AvgIpc) is 2.73. The van der Waals surface area contributed by atoms with Gasteiger partial charge in [-0.2, -0.15) is 0 Å². The Labute approximate surface area is 126 Å². The molecule has 0 aliphatic carbocycles. The fourth-order valence-electron chi connectivity index (χ4n) is 2.42. The molecule has 2 aromatic rings. The van der Waals surface area contributed by atoms with Gasteiger partial charge in [0, 0.05) is 36.2 Å². The Morgan fingerprint density at radius 3 is 2.52 bits per heavy atom. The minimum Gasteiger partial charge on any atom is -0.494 e. The van der Waals surface area contributed by atoms with E-state index in [1.165, 1.54) is 17.0 Å². The minimum atomic E-state index is -0.0195. The molecule has 0 aliphatic heterocycles. The molecule has 0 fully saturated rings. The van der Waals surface area contributed by atoms with Crippen molar-refractivity contribution in [2.45, 2.75) is 33.9 Å². The third-order valence-electron chi connectivity index (χ3n) is 3.89. The molecule has 4 nitrogen and oxygen atoms in total. The lowest BCUT2D eigenvalue weighted by Crippen LogP contribution is -2.03. The molecule has 0 unspecified atom stereocenters. The van der Waals surface area contributed by atoms with Crippen LogP contribution in [0.25, 0.3) is 0 Å². The first-order valence-corrected chi connectivity index (χ1v) is 7.29. The lowest BCUT2D eigenvalue weighted by Gasteiger charge is -2.12. The first kappa shape index (κ1) is 15.4. The highest BCUT2D eigenvalue weighted by Crippen LogP contribution is 2.24. The quantitative estimate of drug-likeness (QED) is 0.858. The summed E-state index contributed by atoms with van der Waals surface area (Å²) in [4.78, 5) is 0. The highest BCUT2D eigenvalue weighted by atomic mass is 16.5. The summed E-state index contributed by atoms with van der Waals surface area (Å²) < 4.78 is 7.68. The van der Waals surface area contributed by atoms with Gasteiger partial charge in [-0.25, -0.2) is 0 Å². The zero-order valence-electron chi connectivity index (χ0n) is 13.2. The van der Waals surface area contributed by atoms with Crippen LogP contribution in [0, 0.1) is 13.8 Å². The van der Waals surface area contributed by atoms with E-state index in [0.29, 0.717) is 6.61 Å². The molecule has 0 radical (unpaired) electrons. The van der Waals surface area contributed by atoms with E-state index >= 15 is 0 Å². The van der Waals surface area contributed by atoms with Crippen LogP contribution >= 0.6 is 0 Å². The summed E-state index contributed by atoms with van der Waals surface area (Å²) in [5.41, 5.74) is 5.61. The molecular weight excluding hydrogens is 264 g/mol. The van der Waals surface area contributed by atoms with Gasteiger partial charge in [0.25, 0.3) is 0 Å². The molecule has 1 heterocycles. The smallest absolute Gasteiger partial charge is 0.124 e. The number of nitrogens with zero attached hydrogens (tertiary/aromatic N) is 1. The fourth-order valence-corrected chi connectivity index (χ4v) is 2.42. The number of nitrogens with one attached hydrogen (secondary N) is 1. The van der Waals surface area contributed by atoms with Crippen molar-refractivity contribution in [3.63, 3.8) is 0 Å². The maximum absolute atomic E-state index is 9.43. The Hall–Kier alpha value is -1.94. The predicted octanol–water partition coefficient (Wildman–Crippen LogP) is 3.15. The van der Waals surface area contributed by atoms with Crippen LogP contribution in [0.15, 0.2) is 24.3 Å². The number of rotatable bonds is 6. The molecule has 0 amide bonds. The van der Waals surface area contributed by atoms with Crippen LogP contribution in [0.1, 0.15) is 29.4 Å². The number of aromatic nitrogens is 1. The van der Waals surface area contributed by atoms with E-state index < -0.39 is 0 Å². The fraction of sp³-hybridized carbons (Fsp3) is 0.412. The number of ether oxygens (including phenoxy) is 1. The molecule has 0 atom stereocenters. The first-order chi connectivity index (χ1) is 10.1. The van der Waals surface area contributed by atoms with Crippen molar-refractivity contribution in [2.24, 2.45) is 7.05 Å². The topological polar surface area (TPSA) is 46.4 Å². The number of aryl methyl sites for hydroxylation is 1. The third kappa shape index (κ3) is 3.39. The van der Waals surface area contributed by atoms with Gasteiger partial charge in [0.15, 0.2) is 0 Å². The van der Waals surface area contributed by atoms with Crippen molar-refractivity contribution in [1.29, 1.82) is 0 Å². The van der Waals surface area contributed by atoms with E-state index in [1.54, 1.807) is 0 Å². The maximum Gasteiger partial charge on any atom is 0.124 e. The van der Waals surface area contributed by atoms with E-state index in [9.17, 15) is 5.11 Å². The van der Waals surface area contributed by atoms with Crippen LogP contribution in [0.2, 0.25) is 0 Å². The Morgan fingerprint density at radius 2 is 1.95 bits per heavy atom. The number of benzene rings is 1. The normalized spacial score (nSPS) is 10.7. The van der Waals surface area contributed by atoms with Crippen LogP contribution in [0.5, 0.6) is 5.75 Å². The highest BCUT2D eigenvalue weighted by Gasteiger charge is 2.07. The summed E-state index contributed by atoms with van der Waals surface area (Å²) in [5, 5.41) is 12.8. The molecule has 0 bridgehead atoms. The lowest BCUT2D eigenvalue weighted by molar-refractivity contribution is 0.267. The zero-order valence-corrected chi connectivity index (χ0v) is 13.2. The van der Waals surface area contributed by atoms with Gasteiger partial charge in [0.05, 0.1) is 13.2 Å². The molecule has 2 N–H and O–H groups in total. The number of hydrogen-bond acceptors (Lipinski definition) is 3. The van der Waals surface area contributed by atoms with Crippen LogP contribution in [-0.4, -0.2) is 16.3 Å². The molecule has 0 saturated heterocycles. The summed E-state index contributed by atoms with van der Waals surface area (Å²) in [7, 11) is 2.08. The molecule has 1 aromatic carbocycles. The van der Waals surface area contributed by atoms with E-state index in [-0.39, 0.29) is 6.61 Å². The van der Waals surface area contributed by atoms with Crippen molar-refractivity contribution < 1.29 is 9.84 Å².